The van der Waals surface area contributed by atoms with Crippen LogP contribution in [0, 0.1) is 0 Å². The average Bonchev–Trinajstić information content (AvgIpc) is 2.15. The molecule has 0 aliphatic rings. The second kappa shape index (κ2) is 3.85. The Morgan fingerprint density at radius 1 is 1.43 bits per heavy atom. The fourth-order valence-electron chi connectivity index (χ4n) is 1.01. The summed E-state index contributed by atoms with van der Waals surface area (Å²) in [6.07, 6.45) is 0. The smallest absolute Gasteiger partial charge is 0.298 e. The maximum atomic E-state index is 10.9. The van der Waals surface area contributed by atoms with Gasteiger partial charge in [0.05, 0.1) is 12.8 Å². The zero-order valence-electron chi connectivity index (χ0n) is 7.76. The molecule has 77 valence electrons. The van der Waals surface area contributed by atoms with Crippen molar-refractivity contribution in [1.29, 1.82) is 0 Å². The highest BCUT2D eigenvalue weighted by atomic mass is 32.2. The molecule has 1 N–H and O–H groups in total. The van der Waals surface area contributed by atoms with E-state index < -0.39 is 10.1 Å². The molecule has 1 radical (unpaired) electrons. The molecule has 5 nitrogen and oxygen atoms in total. The van der Waals surface area contributed by atoms with E-state index in [1.807, 2.05) is 0 Å². The zero-order chi connectivity index (χ0) is 10.8. The molecule has 0 spiro atoms. The number of hydrogen-bond acceptors (Lipinski definition) is 3. The van der Waals surface area contributed by atoms with Gasteiger partial charge in [0.2, 0.25) is 0 Å². The van der Waals surface area contributed by atoms with Crippen LogP contribution in [0.3, 0.4) is 0 Å². The molecule has 1 rings (SSSR count). The number of rotatable bonds is 3. The van der Waals surface area contributed by atoms with Crippen LogP contribution in [-0.2, 0) is 10.1 Å². The standard InChI is InChI=1S/C8H10NO4S/c1-9-6-3-4-7(13-2)8(5-6)14(10,11)12/h3-5H,1-2H3,(H,10,11,12). The lowest BCUT2D eigenvalue weighted by Gasteiger charge is -2.06. The molecule has 0 aromatic heterocycles. The molecule has 1 aromatic carbocycles. The predicted octanol–water partition coefficient (Wildman–Crippen LogP) is 0.808. The highest BCUT2D eigenvalue weighted by Crippen LogP contribution is 2.26. The highest BCUT2D eigenvalue weighted by Gasteiger charge is 2.16. The van der Waals surface area contributed by atoms with Gasteiger partial charge in [-0.3, -0.25) is 9.87 Å². The van der Waals surface area contributed by atoms with Gasteiger partial charge in [-0.2, -0.15) is 8.42 Å². The Kier molecular flexibility index (Phi) is 2.97. The van der Waals surface area contributed by atoms with Gasteiger partial charge in [-0.15, -0.1) is 0 Å². The van der Waals surface area contributed by atoms with E-state index in [0.717, 1.165) is 0 Å². The Morgan fingerprint density at radius 3 is 2.50 bits per heavy atom. The van der Waals surface area contributed by atoms with E-state index in [4.69, 9.17) is 9.29 Å². The van der Waals surface area contributed by atoms with E-state index in [9.17, 15) is 8.42 Å². The second-order valence-electron chi connectivity index (χ2n) is 2.53. The molecule has 0 aliphatic carbocycles. The molecule has 0 aliphatic heterocycles. The van der Waals surface area contributed by atoms with Crippen LogP contribution in [0.15, 0.2) is 23.1 Å². The number of nitrogens with zero attached hydrogens (tertiary/aromatic N) is 1. The van der Waals surface area contributed by atoms with Crippen LogP contribution in [0.1, 0.15) is 0 Å². The molecule has 1 aromatic rings. The molecule has 0 unspecified atom stereocenters. The van der Waals surface area contributed by atoms with E-state index in [1.54, 1.807) is 6.07 Å². The number of benzene rings is 1. The molecular formula is C8H10NO4S. The van der Waals surface area contributed by atoms with E-state index in [-0.39, 0.29) is 10.6 Å². The lowest BCUT2D eigenvalue weighted by atomic mass is 10.3. The van der Waals surface area contributed by atoms with Gasteiger partial charge >= 0.3 is 0 Å². The van der Waals surface area contributed by atoms with Crippen LogP contribution in [0.4, 0.5) is 5.69 Å². The molecule has 0 amide bonds. The fraction of sp³-hybridized carbons (Fsp3) is 0.250. The van der Waals surface area contributed by atoms with Crippen LogP contribution in [-0.4, -0.2) is 27.1 Å². The third kappa shape index (κ3) is 2.15. The molecule has 0 saturated heterocycles. The fourth-order valence-corrected chi connectivity index (χ4v) is 1.68. The first-order valence-corrected chi connectivity index (χ1v) is 5.18. The van der Waals surface area contributed by atoms with Crippen molar-refractivity contribution in [1.82, 2.24) is 5.32 Å². The lowest BCUT2D eigenvalue weighted by molar-refractivity contribution is 0.397. The van der Waals surface area contributed by atoms with Crippen molar-refractivity contribution in [3.63, 3.8) is 0 Å². The highest BCUT2D eigenvalue weighted by molar-refractivity contribution is 7.86. The maximum absolute atomic E-state index is 10.9. The predicted molar refractivity (Wildman–Crippen MR) is 50.5 cm³/mol. The van der Waals surface area contributed by atoms with Gasteiger partial charge in [0, 0.05) is 7.05 Å². The minimum atomic E-state index is -4.26. The Bertz CT molecular complexity index is 427. The van der Waals surface area contributed by atoms with Crippen LogP contribution in [0.5, 0.6) is 5.75 Å². The van der Waals surface area contributed by atoms with Crippen LogP contribution in [0.25, 0.3) is 0 Å². The third-order valence-corrected chi connectivity index (χ3v) is 2.56. The summed E-state index contributed by atoms with van der Waals surface area (Å²) in [7, 11) is -1.41. The molecule has 0 saturated carbocycles. The molecule has 14 heavy (non-hydrogen) atoms. The van der Waals surface area contributed by atoms with Crippen LogP contribution < -0.4 is 10.1 Å². The van der Waals surface area contributed by atoms with E-state index in [0.29, 0.717) is 5.69 Å². The molecule has 6 heteroatoms. The van der Waals surface area contributed by atoms with Crippen molar-refractivity contribution in [3.8, 4) is 5.75 Å². The van der Waals surface area contributed by atoms with Gasteiger partial charge in [-0.1, -0.05) is 0 Å². The first-order chi connectivity index (χ1) is 6.49. The normalized spacial score (nSPS) is 11.1. The minimum absolute atomic E-state index is 0.0971. The SMILES string of the molecule is C[N]c1ccc(OC)c(S(=O)(=O)O)c1. The summed E-state index contributed by atoms with van der Waals surface area (Å²) >= 11 is 0. The molecular weight excluding hydrogens is 206 g/mol. The first kappa shape index (κ1) is 10.8. The summed E-state index contributed by atoms with van der Waals surface area (Å²) in [4.78, 5) is -0.275. The lowest BCUT2D eigenvalue weighted by Crippen LogP contribution is -2.02. The van der Waals surface area contributed by atoms with Gasteiger partial charge in [-0.25, -0.2) is 0 Å². The first-order valence-electron chi connectivity index (χ1n) is 3.74. The quantitative estimate of drug-likeness (QED) is 0.758. The maximum Gasteiger partial charge on any atom is 0.298 e. The summed E-state index contributed by atoms with van der Waals surface area (Å²) in [6, 6.07) is 4.27. The monoisotopic (exact) mass is 216 g/mol. The number of ether oxygens (including phenoxy) is 1. The Labute approximate surface area is 82.5 Å². The summed E-state index contributed by atoms with van der Waals surface area (Å²) in [5.74, 6) is 0.0971. The van der Waals surface area contributed by atoms with Gasteiger partial charge in [-0.05, 0) is 18.2 Å². The van der Waals surface area contributed by atoms with Crippen molar-refractivity contribution >= 4 is 15.8 Å². The topological polar surface area (TPSA) is 77.7 Å². The molecule has 0 bridgehead atoms. The van der Waals surface area contributed by atoms with Crippen molar-refractivity contribution in [2.24, 2.45) is 0 Å². The molecule has 0 heterocycles. The van der Waals surface area contributed by atoms with E-state index in [1.165, 1.54) is 26.3 Å². The summed E-state index contributed by atoms with van der Waals surface area (Å²) < 4.78 is 35.5. The molecule has 0 atom stereocenters. The van der Waals surface area contributed by atoms with Gasteiger partial charge < -0.3 is 4.74 Å². The van der Waals surface area contributed by atoms with Gasteiger partial charge in [0.15, 0.2) is 0 Å². The van der Waals surface area contributed by atoms with Crippen LogP contribution >= 0.6 is 0 Å². The Balaban J connectivity index is 3.37. The number of hydrogen-bond donors (Lipinski definition) is 1. The van der Waals surface area contributed by atoms with Gasteiger partial charge in [0.25, 0.3) is 10.1 Å². The Hall–Kier alpha value is -1.27. The summed E-state index contributed by atoms with van der Waals surface area (Å²) in [5.41, 5.74) is 0.457. The minimum Gasteiger partial charge on any atom is -0.495 e. The van der Waals surface area contributed by atoms with E-state index >= 15 is 0 Å². The number of methoxy groups -OCH3 is 1. The third-order valence-electron chi connectivity index (χ3n) is 1.68. The van der Waals surface area contributed by atoms with Crippen LogP contribution in [0.2, 0.25) is 0 Å². The average molecular weight is 216 g/mol. The zero-order valence-corrected chi connectivity index (χ0v) is 8.58. The largest absolute Gasteiger partial charge is 0.495 e. The summed E-state index contributed by atoms with van der Waals surface area (Å²) in [6.45, 7) is 0. The van der Waals surface area contributed by atoms with E-state index in [2.05, 4.69) is 5.32 Å². The Morgan fingerprint density at radius 2 is 2.07 bits per heavy atom. The van der Waals surface area contributed by atoms with Crippen molar-refractivity contribution in [3.05, 3.63) is 18.2 Å². The summed E-state index contributed by atoms with van der Waals surface area (Å²) in [5, 5.41) is 3.79. The molecule has 0 fully saturated rings. The van der Waals surface area contributed by atoms with Crippen molar-refractivity contribution < 1.29 is 17.7 Å². The van der Waals surface area contributed by atoms with Crippen molar-refractivity contribution in [2.45, 2.75) is 4.90 Å². The van der Waals surface area contributed by atoms with Crippen molar-refractivity contribution in [2.75, 3.05) is 14.2 Å². The van der Waals surface area contributed by atoms with Gasteiger partial charge in [0.1, 0.15) is 10.6 Å². The second-order valence-corrected chi connectivity index (χ2v) is 3.92.